The van der Waals surface area contributed by atoms with Crippen molar-refractivity contribution in [3.8, 4) is 0 Å². The van der Waals surface area contributed by atoms with Crippen LogP contribution in [0.4, 0.5) is 11.4 Å². The second-order valence-electron chi connectivity index (χ2n) is 5.62. The van der Waals surface area contributed by atoms with Crippen LogP contribution in [-0.4, -0.2) is 48.1 Å². The first-order valence-corrected chi connectivity index (χ1v) is 7.89. The number of nitro groups is 1. The van der Waals surface area contributed by atoms with Crippen LogP contribution in [0.3, 0.4) is 0 Å². The first-order chi connectivity index (χ1) is 10.5. The molecule has 1 amide bonds. The molecule has 0 aliphatic carbocycles. The Morgan fingerprint density at radius 2 is 2.32 bits per heavy atom. The molecule has 22 heavy (non-hydrogen) atoms. The average molecular weight is 370 g/mol. The predicted molar refractivity (Wildman–Crippen MR) is 83.7 cm³/mol. The predicted octanol–water partition coefficient (Wildman–Crippen LogP) is 2.02. The number of carbonyl (C=O) groups excluding carboxylic acids is 1. The van der Waals surface area contributed by atoms with Crippen LogP contribution < -0.4 is 5.32 Å². The number of amides is 1. The summed E-state index contributed by atoms with van der Waals surface area (Å²) in [5.74, 6) is 0.312. The number of anilines is 1. The molecule has 2 aliphatic rings. The van der Waals surface area contributed by atoms with Crippen molar-refractivity contribution >= 4 is 33.2 Å². The van der Waals surface area contributed by atoms with Gasteiger partial charge < -0.3 is 15.0 Å². The van der Waals surface area contributed by atoms with Crippen molar-refractivity contribution < 1.29 is 14.5 Å². The van der Waals surface area contributed by atoms with Crippen LogP contribution in [0.15, 0.2) is 22.7 Å². The third kappa shape index (κ3) is 3.07. The van der Waals surface area contributed by atoms with Crippen LogP contribution >= 0.6 is 15.9 Å². The van der Waals surface area contributed by atoms with Gasteiger partial charge in [0.2, 0.25) is 5.91 Å². The molecule has 0 radical (unpaired) electrons. The molecule has 1 aromatic carbocycles. The highest BCUT2D eigenvalue weighted by Gasteiger charge is 2.37. The minimum Gasteiger partial charge on any atom is -0.379 e. The summed E-state index contributed by atoms with van der Waals surface area (Å²) >= 11 is 3.24. The van der Waals surface area contributed by atoms with Gasteiger partial charge in [-0.3, -0.25) is 14.9 Å². The number of hydrogen-bond donors (Lipinski definition) is 1. The molecule has 2 heterocycles. The summed E-state index contributed by atoms with van der Waals surface area (Å²) in [5, 5.41) is 14.2. The summed E-state index contributed by atoms with van der Waals surface area (Å²) in [5.41, 5.74) is 0.546. The molecule has 2 unspecified atom stereocenters. The van der Waals surface area contributed by atoms with E-state index < -0.39 is 4.92 Å². The first-order valence-electron chi connectivity index (χ1n) is 7.09. The van der Waals surface area contributed by atoms with Crippen molar-refractivity contribution in [1.82, 2.24) is 4.90 Å². The Morgan fingerprint density at radius 1 is 1.50 bits per heavy atom. The molecule has 2 atom stereocenters. The smallest absolute Gasteiger partial charge is 0.293 e. The van der Waals surface area contributed by atoms with Gasteiger partial charge in [-0.05, 0) is 24.5 Å². The van der Waals surface area contributed by atoms with Crippen LogP contribution in [0.1, 0.15) is 6.42 Å². The molecular formula is C14H16BrN3O4. The molecule has 2 saturated heterocycles. The van der Waals surface area contributed by atoms with Crippen molar-refractivity contribution in [2.24, 2.45) is 5.92 Å². The number of benzene rings is 1. The third-order valence-corrected chi connectivity index (χ3v) is 4.59. The Hall–Kier alpha value is -1.67. The Balaban J connectivity index is 1.64. The van der Waals surface area contributed by atoms with Crippen molar-refractivity contribution in [2.45, 2.75) is 12.5 Å². The normalized spacial score (nSPS) is 24.2. The van der Waals surface area contributed by atoms with Gasteiger partial charge in [0.1, 0.15) is 12.3 Å². The molecule has 118 valence electrons. The van der Waals surface area contributed by atoms with Gasteiger partial charge >= 0.3 is 0 Å². The first kappa shape index (κ1) is 15.2. The Labute approximate surface area is 135 Å². The van der Waals surface area contributed by atoms with Crippen LogP contribution in [-0.2, 0) is 9.53 Å². The molecule has 8 heteroatoms. The Bertz CT molecular complexity index is 610. The number of halogens is 1. The zero-order valence-electron chi connectivity index (χ0n) is 11.8. The number of hydrogen-bond acceptors (Lipinski definition) is 5. The molecule has 0 saturated carbocycles. The van der Waals surface area contributed by atoms with E-state index in [1.807, 2.05) is 4.90 Å². The monoisotopic (exact) mass is 369 g/mol. The zero-order valence-corrected chi connectivity index (χ0v) is 13.4. The van der Waals surface area contributed by atoms with Gasteiger partial charge in [0.25, 0.3) is 5.69 Å². The lowest BCUT2D eigenvalue weighted by molar-refractivity contribution is -0.384. The molecule has 0 spiro atoms. The Morgan fingerprint density at radius 3 is 3.05 bits per heavy atom. The van der Waals surface area contributed by atoms with E-state index in [1.165, 1.54) is 6.07 Å². The largest absolute Gasteiger partial charge is 0.379 e. The highest BCUT2D eigenvalue weighted by Crippen LogP contribution is 2.30. The lowest BCUT2D eigenvalue weighted by Crippen LogP contribution is -2.45. The molecule has 0 bridgehead atoms. The van der Waals surface area contributed by atoms with E-state index in [1.54, 1.807) is 12.1 Å². The number of morpholine rings is 1. The van der Waals surface area contributed by atoms with Gasteiger partial charge in [0.05, 0.1) is 17.6 Å². The maximum absolute atomic E-state index is 11.8. The fourth-order valence-corrected chi connectivity index (χ4v) is 3.40. The minimum atomic E-state index is -0.400. The molecular weight excluding hydrogens is 354 g/mol. The molecule has 1 N–H and O–H groups in total. The van der Waals surface area contributed by atoms with E-state index in [0.29, 0.717) is 29.9 Å². The number of rotatable bonds is 4. The second kappa shape index (κ2) is 6.21. The zero-order chi connectivity index (χ0) is 15.7. The molecule has 2 aliphatic heterocycles. The van der Waals surface area contributed by atoms with Crippen molar-refractivity contribution in [3.05, 3.63) is 32.8 Å². The Kier molecular flexibility index (Phi) is 4.30. The maximum Gasteiger partial charge on any atom is 0.293 e. The second-order valence-corrected chi connectivity index (χ2v) is 6.53. The van der Waals surface area contributed by atoms with Crippen LogP contribution in [0.2, 0.25) is 0 Å². The number of carbonyl (C=O) groups is 1. The number of nitro benzene ring substituents is 1. The highest BCUT2D eigenvalue weighted by molar-refractivity contribution is 9.10. The van der Waals surface area contributed by atoms with E-state index in [2.05, 4.69) is 21.2 Å². The van der Waals surface area contributed by atoms with Gasteiger partial charge in [0.15, 0.2) is 0 Å². The van der Waals surface area contributed by atoms with E-state index in [9.17, 15) is 14.9 Å². The number of ether oxygens (including phenoxy) is 1. The molecule has 2 fully saturated rings. The van der Waals surface area contributed by atoms with Gasteiger partial charge in [-0.25, -0.2) is 0 Å². The summed E-state index contributed by atoms with van der Waals surface area (Å²) in [6.07, 6.45) is 0.864. The number of fused-ring (bicyclic) bond motifs is 1. The summed E-state index contributed by atoms with van der Waals surface area (Å²) in [6, 6.07) is 5.09. The third-order valence-electron chi connectivity index (χ3n) is 4.09. The standard InChI is InChI=1S/C14H16BrN3O4/c15-10-1-2-12(13(4-10)18(20)21)16-5-9-3-11-7-22-8-14(19)17(11)6-9/h1-2,4,9,11,16H,3,5-8H2. The molecule has 3 rings (SSSR count). The van der Waals surface area contributed by atoms with Gasteiger partial charge in [-0.2, -0.15) is 0 Å². The molecule has 0 aromatic heterocycles. The lowest BCUT2D eigenvalue weighted by atomic mass is 10.1. The van der Waals surface area contributed by atoms with Crippen LogP contribution in [0, 0.1) is 16.0 Å². The van der Waals surface area contributed by atoms with Crippen molar-refractivity contribution in [1.29, 1.82) is 0 Å². The van der Waals surface area contributed by atoms with E-state index in [4.69, 9.17) is 4.74 Å². The van der Waals surface area contributed by atoms with Crippen molar-refractivity contribution in [2.75, 3.05) is 31.6 Å². The summed E-state index contributed by atoms with van der Waals surface area (Å²) in [7, 11) is 0. The van der Waals surface area contributed by atoms with Crippen LogP contribution in [0.5, 0.6) is 0 Å². The topological polar surface area (TPSA) is 84.7 Å². The van der Waals surface area contributed by atoms with Crippen molar-refractivity contribution in [3.63, 3.8) is 0 Å². The summed E-state index contributed by atoms with van der Waals surface area (Å²) < 4.78 is 5.94. The average Bonchev–Trinajstić information content (AvgIpc) is 2.90. The number of nitrogens with one attached hydrogen (secondary N) is 1. The van der Waals surface area contributed by atoms with Gasteiger partial charge in [-0.1, -0.05) is 15.9 Å². The maximum atomic E-state index is 11.8. The minimum absolute atomic E-state index is 0.0355. The highest BCUT2D eigenvalue weighted by atomic mass is 79.9. The lowest BCUT2D eigenvalue weighted by Gasteiger charge is -2.28. The molecule has 7 nitrogen and oxygen atoms in total. The van der Waals surface area contributed by atoms with E-state index >= 15 is 0 Å². The van der Waals surface area contributed by atoms with E-state index in [0.717, 1.165) is 6.42 Å². The van der Waals surface area contributed by atoms with Crippen LogP contribution in [0.25, 0.3) is 0 Å². The van der Waals surface area contributed by atoms with Gasteiger partial charge in [0, 0.05) is 23.6 Å². The number of nitrogens with zero attached hydrogens (tertiary/aromatic N) is 2. The quantitative estimate of drug-likeness (QED) is 0.648. The SMILES string of the molecule is O=C1COCC2CC(CNc3ccc(Br)cc3[N+](=O)[O-])CN12. The fraction of sp³-hybridized carbons (Fsp3) is 0.500. The summed E-state index contributed by atoms with van der Waals surface area (Å²) in [4.78, 5) is 24.3. The summed E-state index contributed by atoms with van der Waals surface area (Å²) in [6.45, 7) is 2.03. The molecule has 1 aromatic rings. The van der Waals surface area contributed by atoms with E-state index in [-0.39, 0.29) is 30.2 Å². The van der Waals surface area contributed by atoms with Gasteiger partial charge in [-0.15, -0.1) is 0 Å². The fourth-order valence-electron chi connectivity index (χ4n) is 3.05.